The van der Waals surface area contributed by atoms with E-state index in [0.29, 0.717) is 36.8 Å². The Morgan fingerprint density at radius 3 is 2.83 bits per heavy atom. The van der Waals surface area contributed by atoms with Crippen LogP contribution >= 0.6 is 11.6 Å². The van der Waals surface area contributed by atoms with Crippen molar-refractivity contribution in [3.8, 4) is 0 Å². The van der Waals surface area contributed by atoms with Crippen LogP contribution in [-0.2, 0) is 11.2 Å². The summed E-state index contributed by atoms with van der Waals surface area (Å²) >= 11 is 5.93. The Kier molecular flexibility index (Phi) is 5.06. The third-order valence-electron chi connectivity index (χ3n) is 5.92. The van der Waals surface area contributed by atoms with Crippen molar-refractivity contribution in [2.45, 2.75) is 25.0 Å². The van der Waals surface area contributed by atoms with Crippen LogP contribution in [0.4, 0.5) is 5.69 Å². The predicted molar refractivity (Wildman–Crippen MR) is 116 cm³/mol. The van der Waals surface area contributed by atoms with Gasteiger partial charge in [-0.15, -0.1) is 0 Å². The molecule has 30 heavy (non-hydrogen) atoms. The molecule has 2 unspecified atom stereocenters. The molecule has 1 saturated heterocycles. The molecule has 3 aromatic rings. The second-order valence-corrected chi connectivity index (χ2v) is 8.17. The number of amides is 1. The molecule has 2 aliphatic rings. The number of halogens is 1. The third-order valence-corrected chi connectivity index (χ3v) is 6.15. The fourth-order valence-corrected chi connectivity index (χ4v) is 4.53. The molecule has 2 aromatic carbocycles. The van der Waals surface area contributed by atoms with Gasteiger partial charge in [0.2, 0.25) is 0 Å². The number of nitrogens with zero attached hydrogens (tertiary/aromatic N) is 2. The highest BCUT2D eigenvalue weighted by atomic mass is 35.5. The Morgan fingerprint density at radius 2 is 2.07 bits per heavy atom. The molecule has 6 nitrogen and oxygen atoms in total. The summed E-state index contributed by atoms with van der Waals surface area (Å²) in [7, 11) is 0. The van der Waals surface area contributed by atoms with Crippen LogP contribution < -0.4 is 5.32 Å². The van der Waals surface area contributed by atoms with Crippen molar-refractivity contribution in [3.05, 3.63) is 70.5 Å². The molecular weight excluding hydrogens is 402 g/mol. The Bertz CT molecular complexity index is 1100. The summed E-state index contributed by atoms with van der Waals surface area (Å²) in [6, 6.07) is 13.6. The van der Waals surface area contributed by atoms with Crippen molar-refractivity contribution in [2.75, 3.05) is 25.2 Å². The highest BCUT2D eigenvalue weighted by Crippen LogP contribution is 2.36. The van der Waals surface area contributed by atoms with E-state index in [1.165, 1.54) is 0 Å². The number of carbonyl (C=O) groups is 1. The van der Waals surface area contributed by atoms with Gasteiger partial charge in [-0.05, 0) is 41.5 Å². The molecule has 0 bridgehead atoms. The van der Waals surface area contributed by atoms with Gasteiger partial charge in [-0.3, -0.25) is 4.79 Å². The van der Waals surface area contributed by atoms with Gasteiger partial charge in [-0.1, -0.05) is 41.9 Å². The second kappa shape index (κ2) is 7.87. The molecule has 5 rings (SSSR count). The fourth-order valence-electron chi connectivity index (χ4n) is 4.42. The van der Waals surface area contributed by atoms with E-state index in [4.69, 9.17) is 16.3 Å². The zero-order valence-electron chi connectivity index (χ0n) is 16.3. The summed E-state index contributed by atoms with van der Waals surface area (Å²) in [5, 5.41) is 16.4. The molecule has 2 atom stereocenters. The highest BCUT2D eigenvalue weighted by Gasteiger charge is 2.36. The topological polar surface area (TPSA) is 74.7 Å². The van der Waals surface area contributed by atoms with Crippen LogP contribution in [0.1, 0.15) is 27.9 Å². The van der Waals surface area contributed by atoms with Crippen LogP contribution in [0.3, 0.4) is 0 Å². The van der Waals surface area contributed by atoms with Crippen molar-refractivity contribution in [1.29, 1.82) is 0 Å². The maximum Gasteiger partial charge on any atom is 0.257 e. The first-order valence-corrected chi connectivity index (χ1v) is 10.5. The van der Waals surface area contributed by atoms with E-state index in [-0.39, 0.29) is 18.6 Å². The summed E-state index contributed by atoms with van der Waals surface area (Å²) in [5.41, 5.74) is 3.57. The Morgan fingerprint density at radius 1 is 1.23 bits per heavy atom. The number of hydrogen-bond donors (Lipinski definition) is 2. The lowest BCUT2D eigenvalue weighted by molar-refractivity contribution is -0.0563. The van der Waals surface area contributed by atoms with Crippen LogP contribution in [0.5, 0.6) is 0 Å². The molecule has 154 valence electrons. The molecule has 7 heteroatoms. The van der Waals surface area contributed by atoms with Gasteiger partial charge in [-0.25, -0.2) is 4.98 Å². The molecular formula is C23H22ClN3O3. The molecule has 3 heterocycles. The average molecular weight is 424 g/mol. The minimum absolute atomic E-state index is 0.0593. The lowest BCUT2D eigenvalue weighted by atomic mass is 9.92. The van der Waals surface area contributed by atoms with Crippen molar-refractivity contribution >= 4 is 34.0 Å². The van der Waals surface area contributed by atoms with Gasteiger partial charge < -0.3 is 20.1 Å². The van der Waals surface area contributed by atoms with E-state index in [1.54, 1.807) is 17.2 Å². The van der Waals surface area contributed by atoms with Gasteiger partial charge in [0.1, 0.15) is 5.15 Å². The van der Waals surface area contributed by atoms with Gasteiger partial charge >= 0.3 is 0 Å². The van der Waals surface area contributed by atoms with E-state index in [1.807, 2.05) is 30.3 Å². The van der Waals surface area contributed by atoms with Gasteiger partial charge in [0.05, 0.1) is 36.7 Å². The minimum atomic E-state index is -0.675. The number of aromatic nitrogens is 1. The number of ether oxygens (including phenoxy) is 1. The van der Waals surface area contributed by atoms with Gasteiger partial charge in [0, 0.05) is 18.2 Å². The Balaban J connectivity index is 1.57. The van der Waals surface area contributed by atoms with Crippen LogP contribution in [0.15, 0.2) is 48.7 Å². The zero-order valence-corrected chi connectivity index (χ0v) is 17.1. The first kappa shape index (κ1) is 19.3. The van der Waals surface area contributed by atoms with E-state index in [9.17, 15) is 9.90 Å². The SMILES string of the molecule is O=C1c2cc(Cc3ccc(Cl)nc3)c3ccccc3c2NCN1C1CCOCC1O. The average Bonchev–Trinajstić information content (AvgIpc) is 2.77. The zero-order chi connectivity index (χ0) is 20.7. The molecule has 1 aromatic heterocycles. The predicted octanol–water partition coefficient (Wildman–Crippen LogP) is 3.45. The number of carbonyl (C=O) groups excluding carboxylic acids is 1. The minimum Gasteiger partial charge on any atom is -0.389 e. The second-order valence-electron chi connectivity index (χ2n) is 7.78. The van der Waals surface area contributed by atoms with Gasteiger partial charge in [-0.2, -0.15) is 0 Å². The number of aliphatic hydroxyl groups excluding tert-OH is 1. The number of hydrogen-bond acceptors (Lipinski definition) is 5. The number of anilines is 1. The largest absolute Gasteiger partial charge is 0.389 e. The monoisotopic (exact) mass is 423 g/mol. The van der Waals surface area contributed by atoms with Crippen molar-refractivity contribution in [1.82, 2.24) is 9.88 Å². The van der Waals surface area contributed by atoms with Crippen LogP contribution in [0.2, 0.25) is 5.15 Å². The van der Waals surface area contributed by atoms with Crippen LogP contribution in [0, 0.1) is 0 Å². The first-order valence-electron chi connectivity index (χ1n) is 10.1. The van der Waals surface area contributed by atoms with Crippen LogP contribution in [-0.4, -0.2) is 52.9 Å². The molecule has 0 spiro atoms. The Hall–Kier alpha value is -2.67. The molecule has 2 N–H and O–H groups in total. The third kappa shape index (κ3) is 3.41. The molecule has 1 fully saturated rings. The van der Waals surface area contributed by atoms with E-state index < -0.39 is 6.10 Å². The number of fused-ring (bicyclic) bond motifs is 3. The highest BCUT2D eigenvalue weighted by molar-refractivity contribution is 6.29. The standard InChI is InChI=1S/C23H22ClN3O3/c24-21-6-5-14(11-25-21)9-15-10-18-22(17-4-2-1-3-16(15)17)26-13-27(23(18)29)19-7-8-30-12-20(19)28/h1-6,10-11,19-20,26,28H,7-9,12-13H2. The smallest absolute Gasteiger partial charge is 0.257 e. The van der Waals surface area contributed by atoms with Gasteiger partial charge in [0.15, 0.2) is 0 Å². The van der Waals surface area contributed by atoms with Crippen molar-refractivity contribution < 1.29 is 14.6 Å². The molecule has 0 aliphatic carbocycles. The number of nitrogens with one attached hydrogen (secondary N) is 1. The van der Waals surface area contributed by atoms with Crippen LogP contribution in [0.25, 0.3) is 10.8 Å². The maximum atomic E-state index is 13.5. The summed E-state index contributed by atoms with van der Waals surface area (Å²) in [6.07, 6.45) is 2.36. The van der Waals surface area contributed by atoms with E-state index in [0.717, 1.165) is 27.6 Å². The summed E-state index contributed by atoms with van der Waals surface area (Å²) in [4.78, 5) is 19.4. The van der Waals surface area contributed by atoms with Gasteiger partial charge in [0.25, 0.3) is 5.91 Å². The molecule has 0 radical (unpaired) electrons. The quantitative estimate of drug-likeness (QED) is 0.631. The Labute approximate surface area is 179 Å². The lowest BCUT2D eigenvalue weighted by Crippen LogP contribution is -2.54. The molecule has 1 amide bonds. The lowest BCUT2D eigenvalue weighted by Gasteiger charge is -2.40. The van der Waals surface area contributed by atoms with E-state index >= 15 is 0 Å². The normalized spacial score (nSPS) is 21.4. The summed E-state index contributed by atoms with van der Waals surface area (Å²) < 4.78 is 5.34. The number of aliphatic hydroxyl groups is 1. The molecule has 2 aliphatic heterocycles. The van der Waals surface area contributed by atoms with Crippen molar-refractivity contribution in [2.24, 2.45) is 0 Å². The summed E-state index contributed by atoms with van der Waals surface area (Å²) in [5.74, 6) is -0.0593. The fraction of sp³-hybridized carbons (Fsp3) is 0.304. The number of benzene rings is 2. The summed E-state index contributed by atoms with van der Waals surface area (Å²) in [6.45, 7) is 1.18. The number of rotatable bonds is 3. The van der Waals surface area contributed by atoms with Crippen molar-refractivity contribution in [3.63, 3.8) is 0 Å². The number of pyridine rings is 1. The first-order chi connectivity index (χ1) is 14.6. The van der Waals surface area contributed by atoms with E-state index in [2.05, 4.69) is 16.4 Å². The maximum absolute atomic E-state index is 13.5. The molecule has 0 saturated carbocycles.